The van der Waals surface area contributed by atoms with Gasteiger partial charge in [0.1, 0.15) is 16.4 Å². The summed E-state index contributed by atoms with van der Waals surface area (Å²) in [5.74, 6) is 0.145. The second kappa shape index (κ2) is 3.16. The molecule has 2 aromatic rings. The Labute approximate surface area is 88.3 Å². The molecule has 0 aliphatic rings. The molecule has 1 aromatic heterocycles. The maximum absolute atomic E-state index is 9.45. The molecule has 13 heavy (non-hydrogen) atoms. The van der Waals surface area contributed by atoms with Gasteiger partial charge in [0, 0.05) is 5.39 Å². The molecule has 0 radical (unpaired) electrons. The number of hydrogen-bond acceptors (Lipinski definition) is 2. The third-order valence-electron chi connectivity index (χ3n) is 1.74. The number of aromatic nitrogens is 1. The predicted octanol–water partition coefficient (Wildman–Crippen LogP) is 3.36. The summed E-state index contributed by atoms with van der Waals surface area (Å²) in [7, 11) is 0. The molecular formula is C9H5BrClNO. The highest BCUT2D eigenvalue weighted by Gasteiger charge is 2.04. The maximum atomic E-state index is 9.45. The number of hydrogen-bond donors (Lipinski definition) is 1. The topological polar surface area (TPSA) is 33.1 Å². The molecule has 0 aliphatic carbocycles. The van der Waals surface area contributed by atoms with Crippen molar-refractivity contribution in [2.24, 2.45) is 0 Å². The minimum absolute atomic E-state index is 0.145. The van der Waals surface area contributed by atoms with E-state index in [9.17, 15) is 5.11 Å². The average molecular weight is 259 g/mol. The van der Waals surface area contributed by atoms with E-state index in [1.54, 1.807) is 12.1 Å². The van der Waals surface area contributed by atoms with Gasteiger partial charge < -0.3 is 5.11 Å². The number of aromatic hydroxyl groups is 1. The highest BCUT2D eigenvalue weighted by molar-refractivity contribution is 9.10. The summed E-state index contributed by atoms with van der Waals surface area (Å²) in [5, 5.41) is 10.7. The molecule has 0 amide bonds. The molecule has 2 nitrogen and oxygen atoms in total. The minimum Gasteiger partial charge on any atom is -0.506 e. The van der Waals surface area contributed by atoms with Gasteiger partial charge in [-0.2, -0.15) is 0 Å². The molecule has 0 spiro atoms. The summed E-state index contributed by atoms with van der Waals surface area (Å²) in [5.41, 5.74) is 0.524. The van der Waals surface area contributed by atoms with Crippen LogP contribution in [0.25, 0.3) is 10.9 Å². The van der Waals surface area contributed by atoms with Crippen molar-refractivity contribution in [1.82, 2.24) is 4.98 Å². The first kappa shape index (κ1) is 8.78. The Morgan fingerprint density at radius 3 is 2.92 bits per heavy atom. The number of fused-ring (bicyclic) bond motifs is 1. The van der Waals surface area contributed by atoms with Gasteiger partial charge in [-0.3, -0.25) is 0 Å². The summed E-state index contributed by atoms with van der Waals surface area (Å²) in [6, 6.07) is 7.03. The highest BCUT2D eigenvalue weighted by atomic mass is 79.9. The zero-order chi connectivity index (χ0) is 9.42. The van der Waals surface area contributed by atoms with Crippen LogP contribution in [0.5, 0.6) is 5.75 Å². The Morgan fingerprint density at radius 1 is 1.38 bits per heavy atom. The van der Waals surface area contributed by atoms with Crippen LogP contribution in [0.4, 0.5) is 0 Å². The first-order chi connectivity index (χ1) is 6.18. The Bertz CT molecular complexity index is 472. The Morgan fingerprint density at radius 2 is 2.15 bits per heavy atom. The molecule has 0 saturated carbocycles. The fourth-order valence-corrected chi connectivity index (χ4v) is 1.61. The normalized spacial score (nSPS) is 10.6. The van der Waals surface area contributed by atoms with Gasteiger partial charge in [0.15, 0.2) is 0 Å². The van der Waals surface area contributed by atoms with E-state index in [0.29, 0.717) is 10.7 Å². The largest absolute Gasteiger partial charge is 0.506 e. The van der Waals surface area contributed by atoms with Crippen molar-refractivity contribution in [2.75, 3.05) is 0 Å². The van der Waals surface area contributed by atoms with Crippen molar-refractivity contribution >= 4 is 38.4 Å². The molecular weight excluding hydrogens is 253 g/mol. The molecule has 1 aromatic carbocycles. The van der Waals surface area contributed by atoms with Crippen LogP contribution < -0.4 is 0 Å². The first-order valence-electron chi connectivity index (χ1n) is 3.62. The fraction of sp³-hybridized carbons (Fsp3) is 0. The number of phenols is 1. The summed E-state index contributed by atoms with van der Waals surface area (Å²) in [4.78, 5) is 4.04. The Balaban J connectivity index is 2.89. The lowest BCUT2D eigenvalue weighted by atomic mass is 10.2. The Hall–Kier alpha value is -0.800. The first-order valence-corrected chi connectivity index (χ1v) is 4.79. The standard InChI is InChI=1S/C9H5BrClNO/c10-6-4-5-2-1-3-7(13)8(5)12-9(6)11/h1-4,13H. The maximum Gasteiger partial charge on any atom is 0.144 e. The van der Waals surface area contributed by atoms with Gasteiger partial charge in [-0.05, 0) is 28.1 Å². The number of rotatable bonds is 0. The van der Waals surface area contributed by atoms with Crippen molar-refractivity contribution in [3.8, 4) is 5.75 Å². The molecule has 0 bridgehead atoms. The summed E-state index contributed by atoms with van der Waals surface area (Å²) in [6.45, 7) is 0. The molecule has 0 aliphatic heterocycles. The predicted molar refractivity (Wildman–Crippen MR) is 56.1 cm³/mol. The van der Waals surface area contributed by atoms with Crippen LogP contribution in [0, 0.1) is 0 Å². The number of pyridine rings is 1. The van der Waals surface area contributed by atoms with Gasteiger partial charge in [-0.25, -0.2) is 4.98 Å². The number of nitrogens with zero attached hydrogens (tertiary/aromatic N) is 1. The zero-order valence-corrected chi connectivity index (χ0v) is 8.80. The third kappa shape index (κ3) is 1.49. The van der Waals surface area contributed by atoms with Crippen LogP contribution in [-0.4, -0.2) is 10.1 Å². The summed E-state index contributed by atoms with van der Waals surface area (Å²) < 4.78 is 0.729. The highest BCUT2D eigenvalue weighted by Crippen LogP contribution is 2.29. The van der Waals surface area contributed by atoms with Crippen molar-refractivity contribution in [2.45, 2.75) is 0 Å². The van der Waals surface area contributed by atoms with Crippen molar-refractivity contribution in [1.29, 1.82) is 0 Å². The fourth-order valence-electron chi connectivity index (χ4n) is 1.13. The van der Waals surface area contributed by atoms with Crippen LogP contribution >= 0.6 is 27.5 Å². The summed E-state index contributed by atoms with van der Waals surface area (Å²) in [6.07, 6.45) is 0. The third-order valence-corrected chi connectivity index (χ3v) is 2.86. The number of para-hydroxylation sites is 1. The summed E-state index contributed by atoms with van der Waals surface area (Å²) >= 11 is 9.06. The molecule has 2 rings (SSSR count). The van der Waals surface area contributed by atoms with Crippen molar-refractivity contribution < 1.29 is 5.11 Å². The van der Waals surface area contributed by atoms with Gasteiger partial charge in [0.25, 0.3) is 0 Å². The van der Waals surface area contributed by atoms with Gasteiger partial charge in [-0.15, -0.1) is 0 Å². The Kier molecular flexibility index (Phi) is 2.14. The SMILES string of the molecule is Oc1cccc2cc(Br)c(Cl)nc12. The zero-order valence-electron chi connectivity index (χ0n) is 6.46. The second-order valence-corrected chi connectivity index (χ2v) is 3.82. The van der Waals surface area contributed by atoms with Crippen molar-refractivity contribution in [3.63, 3.8) is 0 Å². The van der Waals surface area contributed by atoms with Gasteiger partial charge in [-0.1, -0.05) is 23.7 Å². The van der Waals surface area contributed by atoms with Crippen LogP contribution in [0.1, 0.15) is 0 Å². The van der Waals surface area contributed by atoms with Crippen LogP contribution in [0.2, 0.25) is 5.15 Å². The van der Waals surface area contributed by atoms with E-state index >= 15 is 0 Å². The lowest BCUT2D eigenvalue weighted by molar-refractivity contribution is 0.480. The monoisotopic (exact) mass is 257 g/mol. The molecule has 0 saturated heterocycles. The molecule has 4 heteroatoms. The molecule has 0 fully saturated rings. The number of benzene rings is 1. The molecule has 1 heterocycles. The van der Waals surface area contributed by atoms with E-state index < -0.39 is 0 Å². The molecule has 66 valence electrons. The van der Waals surface area contributed by atoms with Gasteiger partial charge >= 0.3 is 0 Å². The van der Waals surface area contributed by atoms with E-state index in [4.69, 9.17) is 11.6 Å². The molecule has 0 unspecified atom stereocenters. The lowest BCUT2D eigenvalue weighted by Gasteiger charge is -2.01. The van der Waals surface area contributed by atoms with Gasteiger partial charge in [0.2, 0.25) is 0 Å². The van der Waals surface area contributed by atoms with E-state index in [2.05, 4.69) is 20.9 Å². The minimum atomic E-state index is 0.145. The molecule has 1 N–H and O–H groups in total. The number of halogens is 2. The van der Waals surface area contributed by atoms with Crippen LogP contribution in [0.3, 0.4) is 0 Å². The lowest BCUT2D eigenvalue weighted by Crippen LogP contribution is -1.81. The van der Waals surface area contributed by atoms with E-state index in [0.717, 1.165) is 9.86 Å². The number of phenolic OH excluding ortho intramolecular Hbond substituents is 1. The van der Waals surface area contributed by atoms with Crippen LogP contribution in [0.15, 0.2) is 28.7 Å². The average Bonchev–Trinajstić information content (AvgIpc) is 2.09. The van der Waals surface area contributed by atoms with Crippen LogP contribution in [-0.2, 0) is 0 Å². The van der Waals surface area contributed by atoms with E-state index in [1.807, 2.05) is 12.1 Å². The smallest absolute Gasteiger partial charge is 0.144 e. The second-order valence-electron chi connectivity index (χ2n) is 2.61. The van der Waals surface area contributed by atoms with E-state index in [1.165, 1.54) is 0 Å². The van der Waals surface area contributed by atoms with E-state index in [-0.39, 0.29) is 5.75 Å². The quantitative estimate of drug-likeness (QED) is 0.735. The van der Waals surface area contributed by atoms with Gasteiger partial charge in [0.05, 0.1) is 4.47 Å². The molecule has 0 atom stereocenters. The van der Waals surface area contributed by atoms with Crippen molar-refractivity contribution in [3.05, 3.63) is 33.9 Å².